The van der Waals surface area contributed by atoms with Crippen molar-refractivity contribution in [1.82, 2.24) is 10.1 Å². The van der Waals surface area contributed by atoms with Crippen molar-refractivity contribution < 1.29 is 14.1 Å². The Hall–Kier alpha value is -1.85. The zero-order valence-corrected chi connectivity index (χ0v) is 15.6. The molecule has 4 aliphatic carbocycles. The number of nitrogens with zero attached hydrogens (tertiary/aromatic N) is 2. The van der Waals surface area contributed by atoms with E-state index in [1.807, 2.05) is 4.90 Å². The van der Waals surface area contributed by atoms with Gasteiger partial charge in [0.05, 0.1) is 12.0 Å². The Morgan fingerprint density at radius 3 is 2.42 bits per heavy atom. The minimum absolute atomic E-state index is 0.105. The third-order valence-electron chi connectivity index (χ3n) is 6.60. The van der Waals surface area contributed by atoms with E-state index < -0.39 is 0 Å². The highest BCUT2D eigenvalue weighted by atomic mass is 16.5. The summed E-state index contributed by atoms with van der Waals surface area (Å²) in [5, 5.41) is 6.43. The molecule has 0 spiro atoms. The van der Waals surface area contributed by atoms with Crippen LogP contribution in [-0.2, 0) is 9.59 Å². The van der Waals surface area contributed by atoms with Crippen LogP contribution in [0.3, 0.4) is 0 Å². The summed E-state index contributed by atoms with van der Waals surface area (Å²) in [6, 6.07) is 1.61. The van der Waals surface area contributed by atoms with Crippen molar-refractivity contribution in [2.75, 3.05) is 18.4 Å². The van der Waals surface area contributed by atoms with E-state index in [0.717, 1.165) is 49.9 Å². The molecule has 1 aromatic rings. The van der Waals surface area contributed by atoms with Crippen molar-refractivity contribution in [2.45, 2.75) is 58.3 Å². The van der Waals surface area contributed by atoms with Gasteiger partial charge in [-0.25, -0.2) is 0 Å². The maximum Gasteiger partial charge on any atom is 0.245 e. The van der Waals surface area contributed by atoms with Gasteiger partial charge in [-0.05, 0) is 62.7 Å². The van der Waals surface area contributed by atoms with Crippen LogP contribution in [0.4, 0.5) is 5.82 Å². The summed E-state index contributed by atoms with van der Waals surface area (Å²) >= 11 is 0. The van der Waals surface area contributed by atoms with Crippen molar-refractivity contribution in [3.8, 4) is 0 Å². The summed E-state index contributed by atoms with van der Waals surface area (Å²) in [6.07, 6.45) is 10.4. The Bertz CT molecular complexity index is 620. The first-order chi connectivity index (χ1) is 12.6. The standard InChI is InChI=1S/C20H29N3O3/c1-2-3-5-23(13-18(24)21-17-4-6-26-22-17)19(25)20-10-14-7-15(11-20)9-16(8-14)12-20/h4,6,14-16H,2-3,5,7-13H2,1H3,(H,21,22,24). The molecule has 6 heteroatoms. The molecule has 0 atom stereocenters. The third-order valence-corrected chi connectivity index (χ3v) is 6.60. The normalized spacial score (nSPS) is 31.8. The summed E-state index contributed by atoms with van der Waals surface area (Å²) in [5.41, 5.74) is -0.198. The highest BCUT2D eigenvalue weighted by Gasteiger charge is 2.55. The maximum atomic E-state index is 13.6. The minimum Gasteiger partial charge on any atom is -0.363 e. The lowest BCUT2D eigenvalue weighted by Gasteiger charge is -2.56. The van der Waals surface area contributed by atoms with E-state index in [4.69, 9.17) is 4.52 Å². The van der Waals surface area contributed by atoms with Gasteiger partial charge in [0.15, 0.2) is 5.82 Å². The van der Waals surface area contributed by atoms with Gasteiger partial charge in [0.1, 0.15) is 6.26 Å². The lowest BCUT2D eigenvalue weighted by Crippen LogP contribution is -2.55. The van der Waals surface area contributed by atoms with Crippen LogP contribution in [0, 0.1) is 23.2 Å². The van der Waals surface area contributed by atoms with Crippen LogP contribution in [0.2, 0.25) is 0 Å². The molecule has 0 saturated heterocycles. The Morgan fingerprint density at radius 1 is 1.23 bits per heavy atom. The first-order valence-corrected chi connectivity index (χ1v) is 10.1. The fourth-order valence-corrected chi connectivity index (χ4v) is 5.94. The smallest absolute Gasteiger partial charge is 0.245 e. The second-order valence-corrected chi connectivity index (χ2v) is 8.71. The fourth-order valence-electron chi connectivity index (χ4n) is 5.94. The average molecular weight is 359 g/mol. The fraction of sp³-hybridized carbons (Fsp3) is 0.750. The molecular formula is C20H29N3O3. The average Bonchev–Trinajstić information content (AvgIpc) is 3.09. The largest absolute Gasteiger partial charge is 0.363 e. The molecule has 1 aromatic heterocycles. The number of anilines is 1. The molecule has 5 rings (SSSR count). The Labute approximate surface area is 154 Å². The van der Waals surface area contributed by atoms with Crippen molar-refractivity contribution in [3.63, 3.8) is 0 Å². The van der Waals surface area contributed by atoms with Gasteiger partial charge in [0.25, 0.3) is 0 Å². The van der Waals surface area contributed by atoms with Gasteiger partial charge in [-0.15, -0.1) is 0 Å². The molecule has 0 aromatic carbocycles. The van der Waals surface area contributed by atoms with E-state index in [-0.39, 0.29) is 23.8 Å². The predicted molar refractivity (Wildman–Crippen MR) is 97.2 cm³/mol. The van der Waals surface area contributed by atoms with Crippen LogP contribution >= 0.6 is 0 Å². The second kappa shape index (κ2) is 7.05. The van der Waals surface area contributed by atoms with E-state index in [1.165, 1.54) is 25.5 Å². The summed E-state index contributed by atoms with van der Waals surface area (Å²) < 4.78 is 4.75. The van der Waals surface area contributed by atoms with Gasteiger partial charge in [0, 0.05) is 12.6 Å². The van der Waals surface area contributed by atoms with Crippen LogP contribution in [0.5, 0.6) is 0 Å². The molecule has 4 saturated carbocycles. The monoisotopic (exact) mass is 359 g/mol. The van der Waals surface area contributed by atoms with Gasteiger partial charge in [-0.1, -0.05) is 18.5 Å². The third kappa shape index (κ3) is 3.38. The van der Waals surface area contributed by atoms with E-state index in [0.29, 0.717) is 12.4 Å². The highest BCUT2D eigenvalue weighted by Crippen LogP contribution is 2.60. The van der Waals surface area contributed by atoms with Crippen molar-refractivity contribution in [3.05, 3.63) is 12.3 Å². The van der Waals surface area contributed by atoms with Crippen LogP contribution in [0.25, 0.3) is 0 Å². The van der Waals surface area contributed by atoms with Gasteiger partial charge in [-0.3, -0.25) is 9.59 Å². The van der Waals surface area contributed by atoms with Crippen molar-refractivity contribution in [2.24, 2.45) is 23.2 Å². The SMILES string of the molecule is CCCCN(CC(=O)Nc1ccon1)C(=O)C12CC3CC(CC(C3)C1)C2. The highest BCUT2D eigenvalue weighted by molar-refractivity contribution is 5.94. The van der Waals surface area contributed by atoms with E-state index in [2.05, 4.69) is 17.4 Å². The van der Waals surface area contributed by atoms with Crippen LogP contribution in [0.15, 0.2) is 16.9 Å². The molecular weight excluding hydrogens is 330 g/mol. The number of amides is 2. The summed E-state index contributed by atoms with van der Waals surface area (Å²) in [7, 11) is 0. The molecule has 1 heterocycles. The Kier molecular flexibility index (Phi) is 4.76. The minimum atomic E-state index is -0.201. The lowest BCUT2D eigenvalue weighted by molar-refractivity contribution is -0.158. The summed E-state index contributed by atoms with van der Waals surface area (Å²) in [6.45, 7) is 2.87. The van der Waals surface area contributed by atoms with Gasteiger partial charge >= 0.3 is 0 Å². The molecule has 1 N–H and O–H groups in total. The number of hydrogen-bond acceptors (Lipinski definition) is 4. The number of carbonyl (C=O) groups excluding carboxylic acids is 2. The van der Waals surface area contributed by atoms with Crippen LogP contribution < -0.4 is 5.32 Å². The maximum absolute atomic E-state index is 13.6. The van der Waals surface area contributed by atoms with E-state index >= 15 is 0 Å². The molecule has 0 aliphatic heterocycles. The quantitative estimate of drug-likeness (QED) is 0.809. The first kappa shape index (κ1) is 17.6. The molecule has 6 nitrogen and oxygen atoms in total. The number of rotatable bonds is 7. The van der Waals surface area contributed by atoms with E-state index in [9.17, 15) is 9.59 Å². The van der Waals surface area contributed by atoms with Crippen molar-refractivity contribution >= 4 is 17.6 Å². The lowest BCUT2D eigenvalue weighted by atomic mass is 9.49. The zero-order valence-electron chi connectivity index (χ0n) is 15.6. The van der Waals surface area contributed by atoms with Crippen molar-refractivity contribution in [1.29, 1.82) is 0 Å². The molecule has 0 unspecified atom stereocenters. The van der Waals surface area contributed by atoms with E-state index in [1.54, 1.807) is 6.07 Å². The number of carbonyl (C=O) groups is 2. The first-order valence-electron chi connectivity index (χ1n) is 10.1. The molecule has 4 aliphatic rings. The van der Waals surface area contributed by atoms with Gasteiger partial charge in [-0.2, -0.15) is 0 Å². The van der Waals surface area contributed by atoms with Crippen LogP contribution in [0.1, 0.15) is 58.3 Å². The van der Waals surface area contributed by atoms with Crippen LogP contribution in [-0.4, -0.2) is 35.0 Å². The molecule has 4 fully saturated rings. The number of unbranched alkanes of at least 4 members (excludes halogenated alkanes) is 1. The zero-order chi connectivity index (χ0) is 18.1. The molecule has 4 bridgehead atoms. The number of hydrogen-bond donors (Lipinski definition) is 1. The Morgan fingerprint density at radius 2 is 1.88 bits per heavy atom. The van der Waals surface area contributed by atoms with Gasteiger partial charge < -0.3 is 14.7 Å². The Balaban J connectivity index is 1.47. The number of aromatic nitrogens is 1. The second-order valence-electron chi connectivity index (χ2n) is 8.71. The molecule has 142 valence electrons. The van der Waals surface area contributed by atoms with Gasteiger partial charge in [0.2, 0.25) is 11.8 Å². The summed E-state index contributed by atoms with van der Waals surface area (Å²) in [5.74, 6) is 2.59. The molecule has 0 radical (unpaired) electrons. The molecule has 2 amide bonds. The predicted octanol–water partition coefficient (Wildman–Crippen LogP) is 3.46. The topological polar surface area (TPSA) is 75.4 Å². The summed E-state index contributed by atoms with van der Waals surface area (Å²) in [4.78, 5) is 27.8. The molecule has 26 heavy (non-hydrogen) atoms. The number of nitrogens with one attached hydrogen (secondary N) is 1.